The van der Waals surface area contributed by atoms with Crippen LogP contribution >= 0.6 is 0 Å². The first-order valence-corrected chi connectivity index (χ1v) is 12.3. The Bertz CT molecular complexity index is 1040. The molecule has 1 amide bonds. The molecule has 9 heteroatoms. The van der Waals surface area contributed by atoms with Gasteiger partial charge in [-0.15, -0.1) is 0 Å². The van der Waals surface area contributed by atoms with E-state index >= 15 is 0 Å². The van der Waals surface area contributed by atoms with E-state index in [1.165, 1.54) is 0 Å². The van der Waals surface area contributed by atoms with E-state index in [9.17, 15) is 18.0 Å². The summed E-state index contributed by atoms with van der Waals surface area (Å²) in [6.07, 6.45) is -1.42. The van der Waals surface area contributed by atoms with Crippen LogP contribution in [0.15, 0.2) is 12.1 Å². The summed E-state index contributed by atoms with van der Waals surface area (Å²) in [6.45, 7) is 10.2. The normalized spacial score (nSPS) is 26.6. The Morgan fingerprint density at radius 3 is 2.38 bits per heavy atom. The number of piperidine rings is 1. The van der Waals surface area contributed by atoms with Crippen LogP contribution in [0.1, 0.15) is 95.1 Å². The van der Waals surface area contributed by atoms with Gasteiger partial charge in [-0.3, -0.25) is 0 Å². The molecule has 188 valence electrons. The lowest BCUT2D eigenvalue weighted by atomic mass is 9.80. The van der Waals surface area contributed by atoms with Crippen molar-refractivity contribution in [3.05, 3.63) is 29.2 Å². The molecule has 2 aliphatic rings. The number of aryl methyl sites for hydroxylation is 1. The van der Waals surface area contributed by atoms with Gasteiger partial charge in [-0.2, -0.15) is 18.3 Å². The summed E-state index contributed by atoms with van der Waals surface area (Å²) in [7, 11) is 0. The molecular weight excluding hydrogens is 445 g/mol. The molecule has 0 radical (unpaired) electrons. The fraction of sp³-hybridized carbons (Fsp3) is 0.720. The SMILES string of the molecule is Cc1cc([C@@H]2CCCN(C(=O)OC(C)(C)C)[C@@H]2C)n2nc(C3CCC(C(F)(F)F)CC3)cc2n1. The molecular formula is C25H35F3N4O2. The van der Waals surface area contributed by atoms with Crippen molar-refractivity contribution in [2.75, 3.05) is 6.54 Å². The first-order valence-electron chi connectivity index (χ1n) is 12.3. The predicted molar refractivity (Wildman–Crippen MR) is 123 cm³/mol. The van der Waals surface area contributed by atoms with E-state index in [1.807, 2.05) is 51.3 Å². The van der Waals surface area contributed by atoms with Crippen molar-refractivity contribution in [3.63, 3.8) is 0 Å². The smallest absolute Gasteiger partial charge is 0.410 e. The van der Waals surface area contributed by atoms with Gasteiger partial charge in [0.25, 0.3) is 0 Å². The van der Waals surface area contributed by atoms with E-state index < -0.39 is 17.7 Å². The largest absolute Gasteiger partial charge is 0.444 e. The van der Waals surface area contributed by atoms with Gasteiger partial charge in [-0.1, -0.05) is 0 Å². The van der Waals surface area contributed by atoms with E-state index in [2.05, 4.69) is 4.98 Å². The van der Waals surface area contributed by atoms with Crippen LogP contribution in [0, 0.1) is 12.8 Å². The topological polar surface area (TPSA) is 59.7 Å². The van der Waals surface area contributed by atoms with Crippen molar-refractivity contribution in [2.24, 2.45) is 5.92 Å². The summed E-state index contributed by atoms with van der Waals surface area (Å²) in [5.41, 5.74) is 2.80. The summed E-state index contributed by atoms with van der Waals surface area (Å²) in [5.74, 6) is -1.15. The van der Waals surface area contributed by atoms with Crippen LogP contribution in [-0.4, -0.2) is 50.0 Å². The minimum Gasteiger partial charge on any atom is -0.444 e. The number of amides is 1. The molecule has 0 aromatic carbocycles. The van der Waals surface area contributed by atoms with Gasteiger partial charge in [0, 0.05) is 36.2 Å². The van der Waals surface area contributed by atoms with Crippen LogP contribution in [0.3, 0.4) is 0 Å². The second kappa shape index (κ2) is 9.04. The monoisotopic (exact) mass is 480 g/mol. The summed E-state index contributed by atoms with van der Waals surface area (Å²) >= 11 is 0. The number of rotatable bonds is 2. The third-order valence-corrected chi connectivity index (χ3v) is 7.21. The van der Waals surface area contributed by atoms with Crippen LogP contribution in [0.5, 0.6) is 0 Å². The number of alkyl halides is 3. The lowest BCUT2D eigenvalue weighted by Crippen LogP contribution is -2.48. The average molecular weight is 481 g/mol. The summed E-state index contributed by atoms with van der Waals surface area (Å²) in [4.78, 5) is 19.3. The molecule has 0 spiro atoms. The van der Waals surface area contributed by atoms with Gasteiger partial charge in [0.15, 0.2) is 5.65 Å². The fourth-order valence-electron chi connectivity index (χ4n) is 5.44. The van der Waals surface area contributed by atoms with Crippen LogP contribution in [0.4, 0.5) is 18.0 Å². The zero-order chi connectivity index (χ0) is 24.8. The standard InChI is InChI=1S/C25H35F3N4O2/c1-15-13-21(19-7-6-12-31(16(19)2)23(33)34-24(3,4)5)32-22(29-15)14-20(30-32)17-8-10-18(11-9-17)25(26,27)28/h13-14,16-19H,6-12H2,1-5H3/t16-,17?,18?,19-/m1/s1. The lowest BCUT2D eigenvalue weighted by Gasteiger charge is -2.40. The Hall–Kier alpha value is -2.32. The van der Waals surface area contributed by atoms with Crippen molar-refractivity contribution < 1.29 is 22.7 Å². The lowest BCUT2D eigenvalue weighted by molar-refractivity contribution is -0.182. The Morgan fingerprint density at radius 1 is 1.09 bits per heavy atom. The molecule has 1 aliphatic heterocycles. The number of hydrogen-bond acceptors (Lipinski definition) is 4. The zero-order valence-electron chi connectivity index (χ0n) is 20.7. The average Bonchev–Trinajstić information content (AvgIpc) is 3.15. The number of ether oxygens (including phenoxy) is 1. The van der Waals surface area contributed by atoms with Crippen molar-refractivity contribution in [1.29, 1.82) is 0 Å². The van der Waals surface area contributed by atoms with Gasteiger partial charge < -0.3 is 9.64 Å². The number of fused-ring (bicyclic) bond motifs is 1. The number of nitrogens with zero attached hydrogens (tertiary/aromatic N) is 4. The summed E-state index contributed by atoms with van der Waals surface area (Å²) in [6, 6.07) is 3.86. The molecule has 2 fully saturated rings. The molecule has 1 aliphatic carbocycles. The van der Waals surface area contributed by atoms with Crippen LogP contribution in [0.25, 0.3) is 5.65 Å². The van der Waals surface area contributed by atoms with E-state index in [4.69, 9.17) is 9.84 Å². The van der Waals surface area contributed by atoms with Gasteiger partial charge in [-0.25, -0.2) is 14.3 Å². The van der Waals surface area contributed by atoms with Crippen molar-refractivity contribution >= 4 is 11.7 Å². The highest BCUT2D eigenvalue weighted by Gasteiger charge is 2.42. The molecule has 0 N–H and O–H groups in total. The Kier molecular flexibility index (Phi) is 6.59. The Labute approximate surface area is 198 Å². The number of likely N-dealkylation sites (tertiary alicyclic amines) is 1. The molecule has 0 unspecified atom stereocenters. The molecule has 1 saturated heterocycles. The summed E-state index contributed by atoms with van der Waals surface area (Å²) in [5, 5.41) is 4.84. The van der Waals surface area contributed by atoms with Crippen molar-refractivity contribution in [1.82, 2.24) is 19.5 Å². The van der Waals surface area contributed by atoms with E-state index in [0.29, 0.717) is 25.0 Å². The molecule has 3 heterocycles. The molecule has 6 nitrogen and oxygen atoms in total. The number of aromatic nitrogens is 3. The number of halogens is 3. The van der Waals surface area contributed by atoms with Crippen LogP contribution in [-0.2, 0) is 4.74 Å². The molecule has 2 atom stereocenters. The highest BCUT2D eigenvalue weighted by atomic mass is 19.4. The van der Waals surface area contributed by atoms with Gasteiger partial charge in [0.2, 0.25) is 0 Å². The molecule has 1 saturated carbocycles. The van der Waals surface area contributed by atoms with Gasteiger partial charge >= 0.3 is 12.3 Å². The first-order chi connectivity index (χ1) is 15.8. The van der Waals surface area contributed by atoms with E-state index in [-0.39, 0.29) is 36.8 Å². The molecule has 2 aromatic rings. The van der Waals surface area contributed by atoms with Gasteiger partial charge in [0.1, 0.15) is 5.60 Å². The van der Waals surface area contributed by atoms with Crippen molar-refractivity contribution in [2.45, 2.75) is 103 Å². The van der Waals surface area contributed by atoms with Crippen molar-refractivity contribution in [3.8, 4) is 0 Å². The minimum absolute atomic E-state index is 0.00972. The predicted octanol–water partition coefficient (Wildman–Crippen LogP) is 6.38. The molecule has 4 rings (SSSR count). The van der Waals surface area contributed by atoms with E-state index in [0.717, 1.165) is 29.9 Å². The number of carbonyl (C=O) groups is 1. The highest BCUT2D eigenvalue weighted by molar-refractivity contribution is 5.69. The Morgan fingerprint density at radius 2 is 1.76 bits per heavy atom. The second-order valence-electron chi connectivity index (χ2n) is 10.9. The van der Waals surface area contributed by atoms with Crippen LogP contribution < -0.4 is 0 Å². The molecule has 34 heavy (non-hydrogen) atoms. The maximum atomic E-state index is 13.1. The fourth-order valence-corrected chi connectivity index (χ4v) is 5.44. The minimum atomic E-state index is -4.12. The number of hydrogen-bond donors (Lipinski definition) is 0. The quantitative estimate of drug-likeness (QED) is 0.501. The molecule has 2 aromatic heterocycles. The maximum Gasteiger partial charge on any atom is 0.410 e. The Balaban J connectivity index is 1.59. The maximum absolute atomic E-state index is 13.1. The first kappa shape index (κ1) is 24.8. The third kappa shape index (κ3) is 5.18. The third-order valence-electron chi connectivity index (χ3n) is 7.21. The zero-order valence-corrected chi connectivity index (χ0v) is 20.7. The second-order valence-corrected chi connectivity index (χ2v) is 10.9. The van der Waals surface area contributed by atoms with Crippen LogP contribution in [0.2, 0.25) is 0 Å². The van der Waals surface area contributed by atoms with E-state index in [1.54, 1.807) is 4.90 Å². The highest BCUT2D eigenvalue weighted by Crippen LogP contribution is 2.43. The number of carbonyl (C=O) groups excluding carboxylic acids is 1. The van der Waals surface area contributed by atoms with Gasteiger partial charge in [-0.05, 0) is 79.2 Å². The van der Waals surface area contributed by atoms with Gasteiger partial charge in [0.05, 0.1) is 17.3 Å². The summed E-state index contributed by atoms with van der Waals surface area (Å²) < 4.78 is 46.7. The molecule has 0 bridgehead atoms.